The third-order valence-electron chi connectivity index (χ3n) is 2.36. The van der Waals surface area contributed by atoms with Crippen LogP contribution in [0, 0.1) is 0 Å². The van der Waals surface area contributed by atoms with Crippen LogP contribution in [0.25, 0.3) is 0 Å². The molecule has 1 heterocycles. The molecular formula is C11H15NO3S. The maximum absolute atomic E-state index is 12.0. The van der Waals surface area contributed by atoms with Gasteiger partial charge in [-0.15, -0.1) is 11.3 Å². The average molecular weight is 241 g/mol. The van der Waals surface area contributed by atoms with E-state index in [1.807, 2.05) is 17.5 Å². The lowest BCUT2D eigenvalue weighted by molar-refractivity contribution is -0.144. The lowest BCUT2D eigenvalue weighted by Gasteiger charge is -2.21. The second-order valence-electron chi connectivity index (χ2n) is 3.48. The first-order valence-corrected chi connectivity index (χ1v) is 5.98. The molecule has 0 aliphatic heterocycles. The molecule has 1 N–H and O–H groups in total. The third-order valence-corrected chi connectivity index (χ3v) is 3.41. The molecule has 0 saturated heterocycles. The Morgan fingerprint density at radius 3 is 2.69 bits per heavy atom. The number of hydrogen-bond acceptors (Lipinski definition) is 3. The van der Waals surface area contributed by atoms with Gasteiger partial charge in [-0.1, -0.05) is 6.07 Å². The second kappa shape index (κ2) is 5.65. The zero-order valence-electron chi connectivity index (χ0n) is 9.34. The number of rotatable bonds is 5. The summed E-state index contributed by atoms with van der Waals surface area (Å²) in [6.45, 7) is 3.77. The van der Waals surface area contributed by atoms with Gasteiger partial charge in [-0.3, -0.25) is 9.59 Å². The molecule has 5 heteroatoms. The minimum atomic E-state index is -0.978. The molecule has 1 aromatic rings. The summed E-state index contributed by atoms with van der Waals surface area (Å²) in [5, 5.41) is 10.6. The number of carboxylic acid groups (broad SMARTS) is 1. The van der Waals surface area contributed by atoms with Crippen LogP contribution >= 0.6 is 11.3 Å². The molecule has 0 aliphatic carbocycles. The van der Waals surface area contributed by atoms with Crippen LogP contribution in [0.15, 0.2) is 17.5 Å². The van der Waals surface area contributed by atoms with Gasteiger partial charge in [-0.05, 0) is 25.3 Å². The van der Waals surface area contributed by atoms with Crippen molar-refractivity contribution in [3.05, 3.63) is 22.4 Å². The molecule has 16 heavy (non-hydrogen) atoms. The quantitative estimate of drug-likeness (QED) is 0.855. The molecule has 0 spiro atoms. The van der Waals surface area contributed by atoms with E-state index in [1.165, 1.54) is 16.2 Å². The van der Waals surface area contributed by atoms with Crippen molar-refractivity contribution in [2.24, 2.45) is 0 Å². The molecule has 88 valence electrons. The van der Waals surface area contributed by atoms with Crippen molar-refractivity contribution in [3.63, 3.8) is 0 Å². The number of carbonyl (C=O) groups excluding carboxylic acids is 1. The van der Waals surface area contributed by atoms with E-state index in [1.54, 1.807) is 13.8 Å². The molecule has 0 aliphatic rings. The number of thiophene rings is 1. The van der Waals surface area contributed by atoms with Gasteiger partial charge in [-0.2, -0.15) is 0 Å². The lowest BCUT2D eigenvalue weighted by atomic mass is 10.1. The number of likely N-dealkylation sites (N-methyl/N-ethyl adjacent to an activating group) is 1. The van der Waals surface area contributed by atoms with Gasteiger partial charge >= 0.3 is 5.97 Å². The normalized spacial score (nSPS) is 12.1. The summed E-state index contributed by atoms with van der Waals surface area (Å²) in [6.07, 6.45) is 0. The van der Waals surface area contributed by atoms with E-state index in [0.29, 0.717) is 6.54 Å². The van der Waals surface area contributed by atoms with Crippen molar-refractivity contribution < 1.29 is 14.7 Å². The summed E-state index contributed by atoms with van der Waals surface area (Å²) in [6, 6.07) is 3.78. The lowest BCUT2D eigenvalue weighted by Crippen LogP contribution is -2.37. The molecular weight excluding hydrogens is 226 g/mol. The zero-order valence-corrected chi connectivity index (χ0v) is 10.2. The Morgan fingerprint density at radius 1 is 1.56 bits per heavy atom. The van der Waals surface area contributed by atoms with Gasteiger partial charge < -0.3 is 10.0 Å². The van der Waals surface area contributed by atoms with E-state index in [2.05, 4.69) is 0 Å². The van der Waals surface area contributed by atoms with Crippen molar-refractivity contribution in [2.45, 2.75) is 19.8 Å². The number of carboxylic acids is 1. The molecule has 0 aromatic carbocycles. The summed E-state index contributed by atoms with van der Waals surface area (Å²) in [4.78, 5) is 24.9. The fraction of sp³-hybridized carbons (Fsp3) is 0.455. The Hall–Kier alpha value is -1.36. The molecule has 1 rings (SSSR count). The van der Waals surface area contributed by atoms with Gasteiger partial charge in [0, 0.05) is 11.4 Å². The minimum absolute atomic E-state index is 0.132. The summed E-state index contributed by atoms with van der Waals surface area (Å²) in [5.41, 5.74) is 0. The van der Waals surface area contributed by atoms with Crippen molar-refractivity contribution in [1.29, 1.82) is 0 Å². The Morgan fingerprint density at radius 2 is 2.25 bits per heavy atom. The molecule has 1 atom stereocenters. The topological polar surface area (TPSA) is 57.6 Å². The molecule has 1 aromatic heterocycles. The predicted molar refractivity (Wildman–Crippen MR) is 62.6 cm³/mol. The Kier molecular flexibility index (Phi) is 4.49. The number of carbonyl (C=O) groups is 2. The van der Waals surface area contributed by atoms with Gasteiger partial charge in [0.2, 0.25) is 5.91 Å². The standard InChI is InChI=1S/C11H15NO3S/c1-3-12(7-10(13)14)11(15)8(2)9-5-4-6-16-9/h4-6,8H,3,7H2,1-2H3,(H,13,14). The maximum atomic E-state index is 12.0. The van der Waals surface area contributed by atoms with Gasteiger partial charge in [0.1, 0.15) is 6.54 Å². The highest BCUT2D eigenvalue weighted by Gasteiger charge is 2.22. The second-order valence-corrected chi connectivity index (χ2v) is 4.46. The van der Waals surface area contributed by atoms with Crippen LogP contribution in [0.4, 0.5) is 0 Å². The minimum Gasteiger partial charge on any atom is -0.480 e. The van der Waals surface area contributed by atoms with Crippen molar-refractivity contribution in [1.82, 2.24) is 4.90 Å². The van der Waals surface area contributed by atoms with Gasteiger partial charge in [0.15, 0.2) is 0 Å². The van der Waals surface area contributed by atoms with E-state index in [0.717, 1.165) is 4.88 Å². The number of aliphatic carboxylic acids is 1. The molecule has 1 amide bonds. The Balaban J connectivity index is 2.71. The van der Waals surface area contributed by atoms with Gasteiger partial charge in [0.25, 0.3) is 0 Å². The number of amides is 1. The Labute approximate surface area is 98.5 Å². The van der Waals surface area contributed by atoms with Crippen LogP contribution in [0.2, 0.25) is 0 Å². The SMILES string of the molecule is CCN(CC(=O)O)C(=O)C(C)c1cccs1. The predicted octanol–water partition coefficient (Wildman–Crippen LogP) is 1.78. The monoisotopic (exact) mass is 241 g/mol. The van der Waals surface area contributed by atoms with Gasteiger partial charge in [0.05, 0.1) is 5.92 Å². The zero-order chi connectivity index (χ0) is 12.1. The molecule has 0 fully saturated rings. The first-order chi connectivity index (χ1) is 7.56. The van der Waals surface area contributed by atoms with Gasteiger partial charge in [-0.25, -0.2) is 0 Å². The maximum Gasteiger partial charge on any atom is 0.323 e. The van der Waals surface area contributed by atoms with Crippen LogP contribution in [-0.2, 0) is 9.59 Å². The molecule has 4 nitrogen and oxygen atoms in total. The smallest absolute Gasteiger partial charge is 0.323 e. The first kappa shape index (κ1) is 12.7. The van der Waals surface area contributed by atoms with Crippen LogP contribution in [0.1, 0.15) is 24.6 Å². The molecule has 0 radical (unpaired) electrons. The largest absolute Gasteiger partial charge is 0.480 e. The summed E-state index contributed by atoms with van der Waals surface area (Å²) in [5.74, 6) is -1.37. The van der Waals surface area contributed by atoms with Crippen LogP contribution < -0.4 is 0 Å². The number of hydrogen-bond donors (Lipinski definition) is 1. The summed E-state index contributed by atoms with van der Waals surface area (Å²) < 4.78 is 0. The van der Waals surface area contributed by atoms with Crippen LogP contribution in [0.3, 0.4) is 0 Å². The van der Waals surface area contributed by atoms with E-state index in [4.69, 9.17) is 5.11 Å². The highest BCUT2D eigenvalue weighted by Crippen LogP contribution is 2.22. The van der Waals surface area contributed by atoms with Crippen molar-refractivity contribution >= 4 is 23.2 Å². The van der Waals surface area contributed by atoms with E-state index >= 15 is 0 Å². The molecule has 0 bridgehead atoms. The van der Waals surface area contributed by atoms with Crippen molar-refractivity contribution in [2.75, 3.05) is 13.1 Å². The van der Waals surface area contributed by atoms with E-state index < -0.39 is 5.97 Å². The third kappa shape index (κ3) is 3.06. The summed E-state index contributed by atoms with van der Waals surface area (Å²) >= 11 is 1.51. The van der Waals surface area contributed by atoms with Crippen LogP contribution in [0.5, 0.6) is 0 Å². The van der Waals surface area contributed by atoms with E-state index in [-0.39, 0.29) is 18.4 Å². The van der Waals surface area contributed by atoms with Crippen LogP contribution in [-0.4, -0.2) is 35.0 Å². The summed E-state index contributed by atoms with van der Waals surface area (Å²) in [7, 11) is 0. The first-order valence-electron chi connectivity index (χ1n) is 5.10. The average Bonchev–Trinajstić information content (AvgIpc) is 2.76. The fourth-order valence-electron chi connectivity index (χ4n) is 1.44. The molecule has 1 unspecified atom stereocenters. The highest BCUT2D eigenvalue weighted by molar-refractivity contribution is 7.10. The fourth-order valence-corrected chi connectivity index (χ4v) is 2.22. The number of nitrogens with zero attached hydrogens (tertiary/aromatic N) is 1. The van der Waals surface area contributed by atoms with Crippen molar-refractivity contribution in [3.8, 4) is 0 Å². The van der Waals surface area contributed by atoms with E-state index in [9.17, 15) is 9.59 Å². The Bertz CT molecular complexity index is 361. The molecule has 0 saturated carbocycles. The highest BCUT2D eigenvalue weighted by atomic mass is 32.1.